The minimum atomic E-state index is 0.621. The molecule has 0 aromatic heterocycles. The fourth-order valence-corrected chi connectivity index (χ4v) is 3.32. The van der Waals surface area contributed by atoms with Crippen LogP contribution in [0.5, 0.6) is 11.5 Å². The lowest BCUT2D eigenvalue weighted by Gasteiger charge is -2.28. The molecule has 2 aliphatic heterocycles. The third kappa shape index (κ3) is 2.44. The van der Waals surface area contributed by atoms with E-state index in [1.165, 1.54) is 38.0 Å². The van der Waals surface area contributed by atoms with Crippen LogP contribution in [0.4, 0.5) is 0 Å². The maximum Gasteiger partial charge on any atom is 0.123 e. The predicted octanol–water partition coefficient (Wildman–Crippen LogP) is 2.90. The van der Waals surface area contributed by atoms with Crippen molar-refractivity contribution in [2.24, 2.45) is 5.92 Å². The lowest BCUT2D eigenvalue weighted by Crippen LogP contribution is -2.25. The first-order chi connectivity index (χ1) is 9.31. The predicted molar refractivity (Wildman–Crippen MR) is 76.1 cm³/mol. The van der Waals surface area contributed by atoms with Crippen molar-refractivity contribution in [1.82, 2.24) is 4.90 Å². The molecule has 19 heavy (non-hydrogen) atoms. The molecule has 1 aromatic rings. The Morgan fingerprint density at radius 2 is 2.26 bits per heavy atom. The Morgan fingerprint density at radius 1 is 1.37 bits per heavy atom. The highest BCUT2D eigenvalue weighted by Crippen LogP contribution is 2.42. The molecule has 2 aliphatic rings. The number of hydrogen-bond donors (Lipinski definition) is 0. The van der Waals surface area contributed by atoms with Gasteiger partial charge >= 0.3 is 0 Å². The molecule has 2 heterocycles. The Kier molecular flexibility index (Phi) is 3.65. The van der Waals surface area contributed by atoms with Gasteiger partial charge in [-0.15, -0.1) is 0 Å². The standard InChI is InChI=1S/C16H23NO2/c1-3-4-7-17-9-12-11-19-16-6-5-13(18-2)8-14(16)15(12)10-17/h5-6,8,12,15H,3-4,7,9-11H2,1-2H3/t12-,15-/m1/s1. The molecule has 0 unspecified atom stereocenters. The maximum absolute atomic E-state index is 5.91. The molecule has 0 spiro atoms. The smallest absolute Gasteiger partial charge is 0.123 e. The van der Waals surface area contributed by atoms with E-state index in [9.17, 15) is 0 Å². The topological polar surface area (TPSA) is 21.7 Å². The summed E-state index contributed by atoms with van der Waals surface area (Å²) in [6, 6.07) is 6.21. The van der Waals surface area contributed by atoms with Gasteiger partial charge in [-0.25, -0.2) is 0 Å². The maximum atomic E-state index is 5.91. The van der Waals surface area contributed by atoms with Gasteiger partial charge in [0.15, 0.2) is 0 Å². The molecule has 0 saturated carbocycles. The Morgan fingerprint density at radius 3 is 3.05 bits per heavy atom. The van der Waals surface area contributed by atoms with E-state index in [0.29, 0.717) is 11.8 Å². The van der Waals surface area contributed by atoms with Gasteiger partial charge in [-0.3, -0.25) is 0 Å². The summed E-state index contributed by atoms with van der Waals surface area (Å²) >= 11 is 0. The zero-order valence-electron chi connectivity index (χ0n) is 11.9. The molecule has 0 bridgehead atoms. The summed E-state index contributed by atoms with van der Waals surface area (Å²) in [7, 11) is 1.73. The molecule has 0 aliphatic carbocycles. The molecule has 3 rings (SSSR count). The van der Waals surface area contributed by atoms with Crippen LogP contribution < -0.4 is 9.47 Å². The fourth-order valence-electron chi connectivity index (χ4n) is 3.32. The van der Waals surface area contributed by atoms with Crippen LogP contribution in [0.1, 0.15) is 31.2 Å². The molecular weight excluding hydrogens is 238 g/mol. The van der Waals surface area contributed by atoms with E-state index in [1.807, 2.05) is 6.07 Å². The average molecular weight is 261 g/mol. The quantitative estimate of drug-likeness (QED) is 0.832. The van der Waals surface area contributed by atoms with Crippen LogP contribution in [0.25, 0.3) is 0 Å². The third-order valence-corrected chi connectivity index (χ3v) is 4.41. The van der Waals surface area contributed by atoms with Gasteiger partial charge in [-0.05, 0) is 31.2 Å². The van der Waals surface area contributed by atoms with Crippen molar-refractivity contribution in [3.05, 3.63) is 23.8 Å². The molecule has 0 amide bonds. The van der Waals surface area contributed by atoms with Crippen LogP contribution >= 0.6 is 0 Å². The summed E-state index contributed by atoms with van der Waals surface area (Å²) in [5.41, 5.74) is 1.34. The van der Waals surface area contributed by atoms with E-state index in [0.717, 1.165) is 18.1 Å². The van der Waals surface area contributed by atoms with Crippen molar-refractivity contribution in [2.45, 2.75) is 25.7 Å². The molecule has 0 radical (unpaired) electrons. The summed E-state index contributed by atoms with van der Waals surface area (Å²) in [4.78, 5) is 2.59. The number of unbranched alkanes of at least 4 members (excludes halogenated alkanes) is 1. The lowest BCUT2D eigenvalue weighted by molar-refractivity contribution is 0.212. The monoisotopic (exact) mass is 261 g/mol. The fraction of sp³-hybridized carbons (Fsp3) is 0.625. The van der Waals surface area contributed by atoms with Gasteiger partial charge in [0.05, 0.1) is 13.7 Å². The average Bonchev–Trinajstić information content (AvgIpc) is 2.87. The van der Waals surface area contributed by atoms with Crippen LogP contribution in [-0.4, -0.2) is 38.3 Å². The number of nitrogens with zero attached hydrogens (tertiary/aromatic N) is 1. The van der Waals surface area contributed by atoms with Crippen LogP contribution in [0.2, 0.25) is 0 Å². The van der Waals surface area contributed by atoms with E-state index in [1.54, 1.807) is 7.11 Å². The van der Waals surface area contributed by atoms with Gasteiger partial charge in [0.2, 0.25) is 0 Å². The number of rotatable bonds is 4. The number of benzene rings is 1. The third-order valence-electron chi connectivity index (χ3n) is 4.41. The zero-order chi connectivity index (χ0) is 13.2. The summed E-state index contributed by atoms with van der Waals surface area (Å²) in [5.74, 6) is 3.27. The molecule has 3 nitrogen and oxygen atoms in total. The molecule has 1 fully saturated rings. The van der Waals surface area contributed by atoms with Crippen molar-refractivity contribution >= 4 is 0 Å². The van der Waals surface area contributed by atoms with Crippen molar-refractivity contribution in [3.8, 4) is 11.5 Å². The minimum Gasteiger partial charge on any atom is -0.497 e. The van der Waals surface area contributed by atoms with Gasteiger partial charge in [-0.1, -0.05) is 13.3 Å². The van der Waals surface area contributed by atoms with Crippen LogP contribution in [-0.2, 0) is 0 Å². The highest BCUT2D eigenvalue weighted by atomic mass is 16.5. The lowest BCUT2D eigenvalue weighted by atomic mass is 9.87. The van der Waals surface area contributed by atoms with E-state index in [-0.39, 0.29) is 0 Å². The van der Waals surface area contributed by atoms with Crippen molar-refractivity contribution in [2.75, 3.05) is 33.4 Å². The number of methoxy groups -OCH3 is 1. The van der Waals surface area contributed by atoms with Crippen molar-refractivity contribution in [1.29, 1.82) is 0 Å². The summed E-state index contributed by atoms with van der Waals surface area (Å²) in [6.07, 6.45) is 2.57. The summed E-state index contributed by atoms with van der Waals surface area (Å²) < 4.78 is 11.3. The van der Waals surface area contributed by atoms with Crippen LogP contribution in [0.3, 0.4) is 0 Å². The molecule has 3 heteroatoms. The van der Waals surface area contributed by atoms with E-state index >= 15 is 0 Å². The molecule has 2 atom stereocenters. The van der Waals surface area contributed by atoms with Crippen molar-refractivity contribution in [3.63, 3.8) is 0 Å². The summed E-state index contributed by atoms with van der Waals surface area (Å²) in [5, 5.41) is 0. The van der Waals surface area contributed by atoms with E-state index in [4.69, 9.17) is 9.47 Å². The SMILES string of the molecule is CCCCN1C[C@@H]2COc3ccc(OC)cc3[C@@H]2C1. The Labute approximate surface area is 115 Å². The minimum absolute atomic E-state index is 0.621. The van der Waals surface area contributed by atoms with Crippen LogP contribution in [0.15, 0.2) is 18.2 Å². The molecule has 0 N–H and O–H groups in total. The molecular formula is C16H23NO2. The highest BCUT2D eigenvalue weighted by molar-refractivity contribution is 5.44. The second-order valence-corrected chi connectivity index (χ2v) is 5.69. The summed E-state index contributed by atoms with van der Waals surface area (Å²) in [6.45, 7) is 6.71. The van der Waals surface area contributed by atoms with Crippen molar-refractivity contribution < 1.29 is 9.47 Å². The number of hydrogen-bond acceptors (Lipinski definition) is 3. The zero-order valence-corrected chi connectivity index (χ0v) is 11.9. The molecule has 104 valence electrons. The highest BCUT2D eigenvalue weighted by Gasteiger charge is 2.38. The normalized spacial score (nSPS) is 25.6. The van der Waals surface area contributed by atoms with Gasteiger partial charge < -0.3 is 14.4 Å². The first-order valence-corrected chi connectivity index (χ1v) is 7.35. The second-order valence-electron chi connectivity index (χ2n) is 5.69. The van der Waals surface area contributed by atoms with Crippen LogP contribution in [0, 0.1) is 5.92 Å². The first-order valence-electron chi connectivity index (χ1n) is 7.35. The number of ether oxygens (including phenoxy) is 2. The Hall–Kier alpha value is -1.22. The van der Waals surface area contributed by atoms with Gasteiger partial charge in [0.1, 0.15) is 11.5 Å². The molecule has 1 aromatic carbocycles. The second kappa shape index (κ2) is 5.41. The Balaban J connectivity index is 1.79. The largest absolute Gasteiger partial charge is 0.497 e. The van der Waals surface area contributed by atoms with Gasteiger partial charge in [0.25, 0.3) is 0 Å². The molecule has 1 saturated heterocycles. The van der Waals surface area contributed by atoms with E-state index < -0.39 is 0 Å². The number of fused-ring (bicyclic) bond motifs is 3. The Bertz CT molecular complexity index is 446. The number of likely N-dealkylation sites (tertiary alicyclic amines) is 1. The van der Waals surface area contributed by atoms with Gasteiger partial charge in [0, 0.05) is 30.5 Å². The first kappa shape index (κ1) is 12.8. The van der Waals surface area contributed by atoms with E-state index in [2.05, 4.69) is 24.0 Å². The van der Waals surface area contributed by atoms with Gasteiger partial charge in [-0.2, -0.15) is 0 Å².